The predicted octanol–water partition coefficient (Wildman–Crippen LogP) is 0.917. The van der Waals surface area contributed by atoms with Crippen LogP contribution >= 0.6 is 0 Å². The van der Waals surface area contributed by atoms with Gasteiger partial charge in [-0.25, -0.2) is 17.1 Å². The van der Waals surface area contributed by atoms with Crippen molar-refractivity contribution in [1.29, 1.82) is 0 Å². The molecule has 0 aromatic heterocycles. The van der Waals surface area contributed by atoms with Crippen LogP contribution in [0.3, 0.4) is 0 Å². The van der Waals surface area contributed by atoms with E-state index in [2.05, 4.69) is 5.32 Å². The second kappa shape index (κ2) is 7.27. The minimum atomic E-state index is -3.17. The number of benzene rings is 1. The van der Waals surface area contributed by atoms with Crippen LogP contribution in [0.15, 0.2) is 18.2 Å². The number of nitrogens with one attached hydrogen (secondary N) is 1. The third-order valence-corrected chi connectivity index (χ3v) is 5.17. The molecule has 1 aliphatic heterocycles. The molecule has 23 heavy (non-hydrogen) atoms. The van der Waals surface area contributed by atoms with Crippen molar-refractivity contribution in [2.75, 3.05) is 26.5 Å². The van der Waals surface area contributed by atoms with E-state index in [-0.39, 0.29) is 24.1 Å². The van der Waals surface area contributed by atoms with Gasteiger partial charge in [-0.1, -0.05) is 6.07 Å². The number of sulfonamides is 1. The fourth-order valence-corrected chi connectivity index (χ4v) is 3.49. The van der Waals surface area contributed by atoms with Gasteiger partial charge in [0.2, 0.25) is 15.9 Å². The Morgan fingerprint density at radius 3 is 2.57 bits per heavy atom. The predicted molar refractivity (Wildman–Crippen MR) is 84.2 cm³/mol. The molecule has 8 heteroatoms. The number of methoxy groups -OCH3 is 1. The summed E-state index contributed by atoms with van der Waals surface area (Å²) in [5.41, 5.74) is 0.564. The van der Waals surface area contributed by atoms with E-state index in [0.717, 1.165) is 0 Å². The van der Waals surface area contributed by atoms with Gasteiger partial charge in [-0.15, -0.1) is 0 Å². The lowest BCUT2D eigenvalue weighted by molar-refractivity contribution is -0.121. The van der Waals surface area contributed by atoms with Gasteiger partial charge in [-0.3, -0.25) is 4.79 Å². The van der Waals surface area contributed by atoms with Crippen LogP contribution in [0.1, 0.15) is 18.4 Å². The summed E-state index contributed by atoms with van der Waals surface area (Å²) in [5, 5.41) is 2.87. The quantitative estimate of drug-likeness (QED) is 0.862. The molecule has 1 aromatic carbocycles. The molecule has 0 saturated carbocycles. The second-order valence-corrected chi connectivity index (χ2v) is 7.63. The Bertz CT molecular complexity index is 670. The molecule has 1 heterocycles. The first kappa shape index (κ1) is 17.7. The lowest BCUT2D eigenvalue weighted by Crippen LogP contribution is -2.46. The average molecular weight is 344 g/mol. The third kappa shape index (κ3) is 4.90. The van der Waals surface area contributed by atoms with Crippen molar-refractivity contribution >= 4 is 15.9 Å². The molecule has 128 valence electrons. The van der Waals surface area contributed by atoms with E-state index in [1.54, 1.807) is 6.07 Å². The van der Waals surface area contributed by atoms with Crippen LogP contribution < -0.4 is 10.1 Å². The number of piperidine rings is 1. The van der Waals surface area contributed by atoms with Crippen LogP contribution in [-0.2, 0) is 21.2 Å². The number of nitrogens with zero attached hydrogens (tertiary/aromatic N) is 1. The maximum Gasteiger partial charge on any atom is 0.224 e. The summed E-state index contributed by atoms with van der Waals surface area (Å²) in [6.45, 7) is 0.807. The SMILES string of the molecule is COc1ccc(CC(=O)NC2CCN(S(C)(=O)=O)CC2)cc1F. The highest BCUT2D eigenvalue weighted by molar-refractivity contribution is 7.88. The number of rotatable bonds is 5. The van der Waals surface area contributed by atoms with E-state index in [4.69, 9.17) is 4.74 Å². The molecule has 0 radical (unpaired) electrons. The highest BCUT2D eigenvalue weighted by atomic mass is 32.2. The van der Waals surface area contributed by atoms with Crippen molar-refractivity contribution in [1.82, 2.24) is 9.62 Å². The molecule has 0 atom stereocenters. The number of amides is 1. The van der Waals surface area contributed by atoms with Crippen LogP contribution in [0.5, 0.6) is 5.75 Å². The van der Waals surface area contributed by atoms with Crippen molar-refractivity contribution < 1.29 is 22.3 Å². The van der Waals surface area contributed by atoms with Gasteiger partial charge in [0.25, 0.3) is 0 Å². The first-order chi connectivity index (χ1) is 10.8. The summed E-state index contributed by atoms with van der Waals surface area (Å²) in [5.74, 6) is -0.561. The average Bonchev–Trinajstić information content (AvgIpc) is 2.47. The minimum Gasteiger partial charge on any atom is -0.494 e. The summed E-state index contributed by atoms with van der Waals surface area (Å²) in [4.78, 5) is 12.0. The fourth-order valence-electron chi connectivity index (χ4n) is 2.62. The van der Waals surface area contributed by atoms with Gasteiger partial charge in [-0.2, -0.15) is 0 Å². The smallest absolute Gasteiger partial charge is 0.224 e. The maximum absolute atomic E-state index is 13.6. The zero-order chi connectivity index (χ0) is 17.0. The van der Waals surface area contributed by atoms with Gasteiger partial charge < -0.3 is 10.1 Å². The van der Waals surface area contributed by atoms with Crippen molar-refractivity contribution in [2.24, 2.45) is 0 Å². The Morgan fingerprint density at radius 1 is 1.39 bits per heavy atom. The monoisotopic (exact) mass is 344 g/mol. The largest absolute Gasteiger partial charge is 0.494 e. The second-order valence-electron chi connectivity index (χ2n) is 5.65. The Morgan fingerprint density at radius 2 is 2.04 bits per heavy atom. The molecule has 1 N–H and O–H groups in total. The Hall–Kier alpha value is -1.67. The number of carbonyl (C=O) groups is 1. The first-order valence-corrected chi connectivity index (χ1v) is 9.21. The number of hydrogen-bond donors (Lipinski definition) is 1. The van der Waals surface area contributed by atoms with E-state index >= 15 is 0 Å². The lowest BCUT2D eigenvalue weighted by atomic mass is 10.1. The highest BCUT2D eigenvalue weighted by Crippen LogP contribution is 2.18. The molecule has 0 unspecified atom stereocenters. The van der Waals surface area contributed by atoms with Crippen molar-refractivity contribution in [3.63, 3.8) is 0 Å². The molecule has 0 aliphatic carbocycles. The Labute approximate surface area is 135 Å². The zero-order valence-electron chi connectivity index (χ0n) is 13.2. The Kier molecular flexibility index (Phi) is 5.59. The lowest BCUT2D eigenvalue weighted by Gasteiger charge is -2.30. The Balaban J connectivity index is 1.85. The van der Waals surface area contributed by atoms with E-state index in [9.17, 15) is 17.6 Å². The molecule has 1 fully saturated rings. The van der Waals surface area contributed by atoms with Crippen LogP contribution in [0, 0.1) is 5.82 Å². The van der Waals surface area contributed by atoms with Crippen LogP contribution in [0.2, 0.25) is 0 Å². The van der Waals surface area contributed by atoms with E-state index in [0.29, 0.717) is 31.5 Å². The molecule has 1 aliphatic rings. The molecule has 1 saturated heterocycles. The molecular weight excluding hydrogens is 323 g/mol. The third-order valence-electron chi connectivity index (χ3n) is 3.87. The van der Waals surface area contributed by atoms with Crippen molar-refractivity contribution in [2.45, 2.75) is 25.3 Å². The van der Waals surface area contributed by atoms with Gasteiger partial charge in [0, 0.05) is 19.1 Å². The molecule has 0 spiro atoms. The summed E-state index contributed by atoms with van der Waals surface area (Å²) in [6, 6.07) is 4.37. The van der Waals surface area contributed by atoms with E-state index in [1.165, 1.54) is 29.8 Å². The summed E-state index contributed by atoms with van der Waals surface area (Å²) in [6.07, 6.45) is 2.42. The normalized spacial score (nSPS) is 17.0. The van der Waals surface area contributed by atoms with Gasteiger partial charge in [0.15, 0.2) is 11.6 Å². The molecular formula is C15H21FN2O4S. The zero-order valence-corrected chi connectivity index (χ0v) is 14.0. The van der Waals surface area contributed by atoms with E-state index < -0.39 is 15.8 Å². The summed E-state index contributed by atoms with van der Waals surface area (Å²) >= 11 is 0. The maximum atomic E-state index is 13.6. The number of hydrogen-bond acceptors (Lipinski definition) is 4. The summed E-state index contributed by atoms with van der Waals surface area (Å²) < 4.78 is 42.7. The molecule has 1 amide bonds. The van der Waals surface area contributed by atoms with Crippen molar-refractivity contribution in [3.8, 4) is 5.75 Å². The van der Waals surface area contributed by atoms with Gasteiger partial charge in [0.1, 0.15) is 0 Å². The fraction of sp³-hybridized carbons (Fsp3) is 0.533. The van der Waals surface area contributed by atoms with E-state index in [1.807, 2.05) is 0 Å². The summed E-state index contributed by atoms with van der Waals surface area (Å²) in [7, 11) is -1.79. The molecule has 6 nitrogen and oxygen atoms in total. The highest BCUT2D eigenvalue weighted by Gasteiger charge is 2.25. The topological polar surface area (TPSA) is 75.7 Å². The van der Waals surface area contributed by atoms with Gasteiger partial charge in [0.05, 0.1) is 19.8 Å². The van der Waals surface area contributed by atoms with Crippen LogP contribution in [0.4, 0.5) is 4.39 Å². The number of ether oxygens (including phenoxy) is 1. The van der Waals surface area contributed by atoms with Crippen LogP contribution in [0.25, 0.3) is 0 Å². The first-order valence-electron chi connectivity index (χ1n) is 7.36. The van der Waals surface area contributed by atoms with Gasteiger partial charge >= 0.3 is 0 Å². The minimum absolute atomic E-state index is 0.0522. The number of carbonyl (C=O) groups excluding carboxylic acids is 1. The van der Waals surface area contributed by atoms with Gasteiger partial charge in [-0.05, 0) is 30.5 Å². The standard InChI is InChI=1S/C15H21FN2O4S/c1-22-14-4-3-11(9-13(14)16)10-15(19)17-12-5-7-18(8-6-12)23(2,20)21/h3-4,9,12H,5-8,10H2,1-2H3,(H,17,19). The molecule has 0 bridgehead atoms. The van der Waals surface area contributed by atoms with Crippen molar-refractivity contribution in [3.05, 3.63) is 29.6 Å². The molecule has 2 rings (SSSR count). The molecule has 1 aromatic rings. The number of halogens is 1. The van der Waals surface area contributed by atoms with Crippen LogP contribution in [-0.4, -0.2) is 51.1 Å².